The van der Waals surface area contributed by atoms with Crippen molar-refractivity contribution in [3.05, 3.63) is 59.5 Å². The van der Waals surface area contributed by atoms with Crippen LogP contribution in [0.2, 0.25) is 0 Å². The Hall–Kier alpha value is -2.23. The summed E-state index contributed by atoms with van der Waals surface area (Å²) in [4.78, 5) is 16.8. The van der Waals surface area contributed by atoms with Gasteiger partial charge in [0.15, 0.2) is 0 Å². The van der Waals surface area contributed by atoms with Crippen LogP contribution in [0.4, 0.5) is 10.2 Å². The molecule has 21 heavy (non-hydrogen) atoms. The van der Waals surface area contributed by atoms with Gasteiger partial charge in [0.2, 0.25) is 5.91 Å². The second-order valence-electron chi connectivity index (χ2n) is 5.62. The van der Waals surface area contributed by atoms with Crippen LogP contribution < -0.4 is 5.32 Å². The highest BCUT2D eigenvalue weighted by atomic mass is 19.1. The van der Waals surface area contributed by atoms with Crippen molar-refractivity contribution in [1.82, 2.24) is 4.98 Å². The van der Waals surface area contributed by atoms with Crippen LogP contribution in [0.1, 0.15) is 30.4 Å². The lowest BCUT2D eigenvalue weighted by atomic mass is 9.64. The molecule has 1 fully saturated rings. The molecule has 1 N–H and O–H groups in total. The van der Waals surface area contributed by atoms with E-state index in [1.165, 1.54) is 12.1 Å². The van der Waals surface area contributed by atoms with Gasteiger partial charge in [0, 0.05) is 6.20 Å². The molecular formula is C17H17FN2O. The van der Waals surface area contributed by atoms with Crippen molar-refractivity contribution in [2.24, 2.45) is 0 Å². The predicted molar refractivity (Wildman–Crippen MR) is 79.5 cm³/mol. The lowest BCUT2D eigenvalue weighted by Crippen LogP contribution is -2.46. The summed E-state index contributed by atoms with van der Waals surface area (Å²) >= 11 is 0. The smallest absolute Gasteiger partial charge is 0.236 e. The van der Waals surface area contributed by atoms with Crippen molar-refractivity contribution in [1.29, 1.82) is 0 Å². The van der Waals surface area contributed by atoms with Crippen LogP contribution >= 0.6 is 0 Å². The summed E-state index contributed by atoms with van der Waals surface area (Å²) in [7, 11) is 0. The fourth-order valence-corrected chi connectivity index (χ4v) is 2.79. The van der Waals surface area contributed by atoms with Gasteiger partial charge >= 0.3 is 0 Å². The minimum absolute atomic E-state index is 0.0570. The lowest BCUT2D eigenvalue weighted by Gasteiger charge is -2.40. The van der Waals surface area contributed by atoms with Gasteiger partial charge in [-0.25, -0.2) is 9.37 Å². The zero-order valence-electron chi connectivity index (χ0n) is 11.9. The molecule has 1 aliphatic rings. The minimum atomic E-state index is -0.543. The van der Waals surface area contributed by atoms with Gasteiger partial charge in [-0.15, -0.1) is 0 Å². The number of halogens is 1. The van der Waals surface area contributed by atoms with Gasteiger partial charge in [-0.1, -0.05) is 18.6 Å². The van der Waals surface area contributed by atoms with E-state index in [1.807, 2.05) is 19.1 Å². The quantitative estimate of drug-likeness (QED) is 0.936. The summed E-state index contributed by atoms with van der Waals surface area (Å²) in [5.41, 5.74) is 1.38. The molecule has 0 atom stereocenters. The number of anilines is 1. The Morgan fingerprint density at radius 1 is 1.24 bits per heavy atom. The summed E-state index contributed by atoms with van der Waals surface area (Å²) in [6, 6.07) is 9.96. The monoisotopic (exact) mass is 284 g/mol. The number of amides is 1. The topological polar surface area (TPSA) is 42.0 Å². The van der Waals surface area contributed by atoms with Gasteiger partial charge in [-0.3, -0.25) is 4.79 Å². The molecule has 0 radical (unpaired) electrons. The molecule has 1 saturated carbocycles. The van der Waals surface area contributed by atoms with E-state index in [4.69, 9.17) is 0 Å². The molecule has 3 rings (SSSR count). The number of hydrogen-bond donors (Lipinski definition) is 1. The van der Waals surface area contributed by atoms with Crippen molar-refractivity contribution in [3.8, 4) is 0 Å². The molecule has 0 unspecified atom stereocenters. The second kappa shape index (κ2) is 5.28. The van der Waals surface area contributed by atoms with Gasteiger partial charge in [-0.2, -0.15) is 0 Å². The van der Waals surface area contributed by atoms with Crippen molar-refractivity contribution >= 4 is 11.7 Å². The van der Waals surface area contributed by atoms with Gasteiger partial charge < -0.3 is 5.32 Å². The summed E-state index contributed by atoms with van der Waals surface area (Å²) in [5.74, 6) is 0.223. The third-order valence-electron chi connectivity index (χ3n) is 4.20. The molecular weight excluding hydrogens is 267 g/mol. The number of carbonyl (C=O) groups is 1. The molecule has 0 spiro atoms. The molecule has 0 bridgehead atoms. The number of carbonyl (C=O) groups excluding carboxylic acids is 1. The van der Waals surface area contributed by atoms with Crippen LogP contribution in [-0.4, -0.2) is 10.9 Å². The maximum atomic E-state index is 13.1. The number of aryl methyl sites for hydroxylation is 1. The van der Waals surface area contributed by atoms with Crippen LogP contribution in [0.25, 0.3) is 0 Å². The number of aromatic nitrogens is 1. The van der Waals surface area contributed by atoms with Crippen molar-refractivity contribution in [3.63, 3.8) is 0 Å². The van der Waals surface area contributed by atoms with Crippen molar-refractivity contribution in [2.75, 3.05) is 5.32 Å². The Morgan fingerprint density at radius 3 is 2.52 bits per heavy atom. The molecule has 0 aliphatic heterocycles. The van der Waals surface area contributed by atoms with Crippen molar-refractivity contribution in [2.45, 2.75) is 31.6 Å². The van der Waals surface area contributed by atoms with Crippen LogP contribution in [0, 0.1) is 12.7 Å². The Labute approximate surface area is 123 Å². The highest BCUT2D eigenvalue weighted by Crippen LogP contribution is 2.44. The molecule has 4 heteroatoms. The Morgan fingerprint density at radius 2 is 1.95 bits per heavy atom. The Kier molecular flexibility index (Phi) is 3.45. The normalized spacial score (nSPS) is 16.1. The number of hydrogen-bond acceptors (Lipinski definition) is 2. The maximum absolute atomic E-state index is 13.1. The zero-order chi connectivity index (χ0) is 14.9. The van der Waals surface area contributed by atoms with Crippen molar-refractivity contribution < 1.29 is 9.18 Å². The fourth-order valence-electron chi connectivity index (χ4n) is 2.79. The molecule has 1 amide bonds. The van der Waals surface area contributed by atoms with E-state index in [2.05, 4.69) is 10.3 Å². The zero-order valence-corrected chi connectivity index (χ0v) is 11.9. The highest BCUT2D eigenvalue weighted by molar-refractivity contribution is 5.99. The number of pyridine rings is 1. The predicted octanol–water partition coefficient (Wildman–Crippen LogP) is 3.59. The van der Waals surface area contributed by atoms with E-state index in [-0.39, 0.29) is 11.7 Å². The molecule has 108 valence electrons. The highest BCUT2D eigenvalue weighted by Gasteiger charge is 2.45. The molecule has 2 aromatic rings. The fraction of sp³-hybridized carbons (Fsp3) is 0.294. The number of rotatable bonds is 3. The first-order valence-electron chi connectivity index (χ1n) is 7.10. The van der Waals surface area contributed by atoms with E-state index >= 15 is 0 Å². The van der Waals surface area contributed by atoms with E-state index in [9.17, 15) is 9.18 Å². The van der Waals surface area contributed by atoms with Crippen LogP contribution in [0.5, 0.6) is 0 Å². The van der Waals surface area contributed by atoms with E-state index in [0.29, 0.717) is 5.82 Å². The standard InChI is InChI=1S/C17H17FN2O/c1-12-7-10-19-15(11-12)20-16(21)17(8-2-9-17)13-3-5-14(18)6-4-13/h3-7,10-11H,2,8-9H2,1H3,(H,19,20,21). The van der Waals surface area contributed by atoms with Crippen LogP contribution in [0.15, 0.2) is 42.6 Å². The second-order valence-corrected chi connectivity index (χ2v) is 5.62. The summed E-state index contributed by atoms with van der Waals surface area (Å²) in [6.45, 7) is 1.95. The Balaban J connectivity index is 1.85. The van der Waals surface area contributed by atoms with Gasteiger partial charge in [0.25, 0.3) is 0 Å². The van der Waals surface area contributed by atoms with Gasteiger partial charge in [-0.05, 0) is 55.2 Å². The van der Waals surface area contributed by atoms with Crippen LogP contribution in [-0.2, 0) is 10.2 Å². The first kappa shape index (κ1) is 13.7. The molecule has 1 aliphatic carbocycles. The maximum Gasteiger partial charge on any atom is 0.236 e. The van der Waals surface area contributed by atoms with Gasteiger partial charge in [0.1, 0.15) is 11.6 Å². The minimum Gasteiger partial charge on any atom is -0.310 e. The largest absolute Gasteiger partial charge is 0.310 e. The molecule has 1 aromatic heterocycles. The van der Waals surface area contributed by atoms with E-state index in [0.717, 1.165) is 30.4 Å². The average molecular weight is 284 g/mol. The van der Waals surface area contributed by atoms with E-state index in [1.54, 1.807) is 18.3 Å². The van der Waals surface area contributed by atoms with E-state index < -0.39 is 5.41 Å². The van der Waals surface area contributed by atoms with Crippen LogP contribution in [0.3, 0.4) is 0 Å². The number of nitrogens with zero attached hydrogens (tertiary/aromatic N) is 1. The summed E-state index contributed by atoms with van der Waals surface area (Å²) in [6.07, 6.45) is 4.26. The molecule has 0 saturated heterocycles. The molecule has 1 aromatic carbocycles. The third-order valence-corrected chi connectivity index (χ3v) is 4.20. The number of benzene rings is 1. The lowest BCUT2D eigenvalue weighted by molar-refractivity contribution is -0.124. The Bertz CT molecular complexity index is 663. The third kappa shape index (κ3) is 2.53. The first-order chi connectivity index (χ1) is 10.1. The molecule has 1 heterocycles. The summed E-state index contributed by atoms with van der Waals surface area (Å²) < 4.78 is 13.1. The molecule has 3 nitrogen and oxygen atoms in total. The number of nitrogens with one attached hydrogen (secondary N) is 1. The van der Waals surface area contributed by atoms with Gasteiger partial charge in [0.05, 0.1) is 5.41 Å². The SMILES string of the molecule is Cc1ccnc(NC(=O)C2(c3ccc(F)cc3)CCC2)c1. The average Bonchev–Trinajstić information content (AvgIpc) is 2.39. The summed E-state index contributed by atoms with van der Waals surface area (Å²) in [5, 5.41) is 2.89. The first-order valence-corrected chi connectivity index (χ1v) is 7.10.